The lowest BCUT2D eigenvalue weighted by Crippen LogP contribution is -2.16. The van der Waals surface area contributed by atoms with Crippen molar-refractivity contribution in [1.29, 1.82) is 0 Å². The van der Waals surface area contributed by atoms with Gasteiger partial charge in [-0.3, -0.25) is 4.79 Å². The molecule has 4 rings (SSSR count). The molecule has 1 amide bonds. The van der Waals surface area contributed by atoms with Crippen molar-refractivity contribution < 1.29 is 4.79 Å². The van der Waals surface area contributed by atoms with E-state index in [1.165, 1.54) is 16.0 Å². The van der Waals surface area contributed by atoms with Crippen LogP contribution in [0.4, 0.5) is 0 Å². The van der Waals surface area contributed by atoms with Gasteiger partial charge in [-0.1, -0.05) is 58.4 Å². The Kier molecular flexibility index (Phi) is 4.40. The summed E-state index contributed by atoms with van der Waals surface area (Å²) in [6.45, 7) is 0. The molecule has 7 heteroatoms. The van der Waals surface area contributed by atoms with Crippen LogP contribution >= 0.6 is 27.3 Å². The third-order valence-electron chi connectivity index (χ3n) is 3.84. The second-order valence-electron chi connectivity index (χ2n) is 5.58. The van der Waals surface area contributed by atoms with Crippen molar-refractivity contribution in [3.05, 3.63) is 76.2 Å². The lowest BCUT2D eigenvalue weighted by molar-refractivity contribution is 0.0993. The molecule has 0 fully saturated rings. The second kappa shape index (κ2) is 6.86. The van der Waals surface area contributed by atoms with Crippen LogP contribution in [0.2, 0.25) is 0 Å². The number of thiazole rings is 1. The van der Waals surface area contributed by atoms with E-state index in [1.54, 1.807) is 6.07 Å². The minimum Gasteiger partial charge on any atom is -0.364 e. The van der Waals surface area contributed by atoms with Crippen LogP contribution in [0.15, 0.2) is 70.5 Å². The van der Waals surface area contributed by atoms with Crippen LogP contribution in [0.25, 0.3) is 27.6 Å². The average Bonchev–Trinajstić information content (AvgIpc) is 3.30. The second-order valence-corrected chi connectivity index (χ2v) is 7.33. The van der Waals surface area contributed by atoms with Crippen molar-refractivity contribution in [1.82, 2.24) is 14.8 Å². The number of hydrogen-bond donors (Lipinski definition) is 1. The number of aromatic nitrogens is 3. The number of nitrogens with zero attached hydrogens (tertiary/aromatic N) is 3. The van der Waals surface area contributed by atoms with Crippen molar-refractivity contribution in [2.45, 2.75) is 0 Å². The van der Waals surface area contributed by atoms with Gasteiger partial charge in [0.25, 0.3) is 5.91 Å². The molecule has 4 aromatic rings. The molecular weight excluding hydrogens is 412 g/mol. The number of primary amides is 1. The van der Waals surface area contributed by atoms with Gasteiger partial charge in [0, 0.05) is 21.0 Å². The zero-order chi connectivity index (χ0) is 18.1. The first-order valence-electron chi connectivity index (χ1n) is 7.79. The lowest BCUT2D eigenvalue weighted by Gasteiger charge is -2.00. The monoisotopic (exact) mass is 424 g/mol. The van der Waals surface area contributed by atoms with Gasteiger partial charge in [-0.15, -0.1) is 11.3 Å². The normalized spacial score (nSPS) is 10.8. The van der Waals surface area contributed by atoms with Crippen LogP contribution in [0.1, 0.15) is 10.5 Å². The third-order valence-corrected chi connectivity index (χ3v) is 5.19. The average molecular weight is 425 g/mol. The maximum atomic E-state index is 11.9. The van der Waals surface area contributed by atoms with Gasteiger partial charge < -0.3 is 5.73 Å². The Morgan fingerprint density at radius 3 is 2.38 bits per heavy atom. The standard InChI is InChI=1S/C19H13BrN4OS/c20-14-8-6-13(7-9-14)16-11-26-19(22-16)24-17(18(21)25)10-15(23-24)12-4-2-1-3-5-12/h1-11H,(H2,21,25). The molecule has 2 aromatic heterocycles. The first-order valence-corrected chi connectivity index (χ1v) is 9.46. The smallest absolute Gasteiger partial charge is 0.267 e. The van der Waals surface area contributed by atoms with Gasteiger partial charge in [-0.05, 0) is 18.2 Å². The first-order chi connectivity index (χ1) is 12.6. The number of rotatable bonds is 4. The molecule has 0 spiro atoms. The van der Waals surface area contributed by atoms with Crippen LogP contribution in [-0.2, 0) is 0 Å². The molecule has 0 saturated heterocycles. The third kappa shape index (κ3) is 3.18. The first kappa shape index (κ1) is 16.7. The lowest BCUT2D eigenvalue weighted by atomic mass is 10.1. The molecule has 128 valence electrons. The highest BCUT2D eigenvalue weighted by Gasteiger charge is 2.18. The van der Waals surface area contributed by atoms with Gasteiger partial charge in [-0.25, -0.2) is 4.98 Å². The van der Waals surface area contributed by atoms with E-state index in [4.69, 9.17) is 5.73 Å². The molecule has 2 N–H and O–H groups in total. The Balaban J connectivity index is 1.77. The zero-order valence-corrected chi connectivity index (χ0v) is 15.9. The van der Waals surface area contributed by atoms with Gasteiger partial charge in [0.05, 0.1) is 11.4 Å². The molecule has 0 atom stereocenters. The van der Waals surface area contributed by atoms with E-state index in [9.17, 15) is 4.79 Å². The molecule has 0 aliphatic carbocycles. The SMILES string of the molecule is NC(=O)c1cc(-c2ccccc2)nn1-c1nc(-c2ccc(Br)cc2)cs1. The molecule has 0 aliphatic rings. The van der Waals surface area contributed by atoms with Gasteiger partial charge in [0.15, 0.2) is 0 Å². The van der Waals surface area contributed by atoms with E-state index in [1.807, 2.05) is 60.0 Å². The Bertz CT molecular complexity index is 1070. The fraction of sp³-hybridized carbons (Fsp3) is 0. The molecule has 2 aromatic carbocycles. The van der Waals surface area contributed by atoms with Crippen LogP contribution < -0.4 is 5.73 Å². The summed E-state index contributed by atoms with van der Waals surface area (Å²) in [6, 6.07) is 19.2. The highest BCUT2D eigenvalue weighted by Crippen LogP contribution is 2.27. The molecule has 0 bridgehead atoms. The maximum absolute atomic E-state index is 11.9. The zero-order valence-electron chi connectivity index (χ0n) is 13.5. The van der Waals surface area contributed by atoms with Crippen LogP contribution in [0.3, 0.4) is 0 Å². The molecule has 0 unspecified atom stereocenters. The summed E-state index contributed by atoms with van der Waals surface area (Å²) < 4.78 is 2.52. The topological polar surface area (TPSA) is 73.8 Å². The Morgan fingerprint density at radius 1 is 1.00 bits per heavy atom. The number of hydrogen-bond acceptors (Lipinski definition) is 4. The number of carbonyl (C=O) groups is 1. The fourth-order valence-electron chi connectivity index (χ4n) is 2.57. The molecule has 26 heavy (non-hydrogen) atoms. The molecule has 0 aliphatic heterocycles. The van der Waals surface area contributed by atoms with E-state index < -0.39 is 5.91 Å². The number of carbonyl (C=O) groups excluding carboxylic acids is 1. The summed E-state index contributed by atoms with van der Waals surface area (Å²) in [4.78, 5) is 16.5. The van der Waals surface area contributed by atoms with Crippen LogP contribution in [0.5, 0.6) is 0 Å². The van der Waals surface area contributed by atoms with Crippen molar-refractivity contribution >= 4 is 33.2 Å². The predicted molar refractivity (Wildman–Crippen MR) is 106 cm³/mol. The molecule has 2 heterocycles. The largest absolute Gasteiger partial charge is 0.364 e. The number of halogens is 1. The van der Waals surface area contributed by atoms with Gasteiger partial charge in [0.2, 0.25) is 5.13 Å². The predicted octanol–water partition coefficient (Wildman–Crippen LogP) is 4.52. The minimum atomic E-state index is -0.542. The van der Waals surface area contributed by atoms with Crippen molar-refractivity contribution in [2.24, 2.45) is 5.73 Å². The summed E-state index contributed by atoms with van der Waals surface area (Å²) in [5.74, 6) is -0.542. The Hall–Kier alpha value is -2.77. The summed E-state index contributed by atoms with van der Waals surface area (Å²) in [6.07, 6.45) is 0. The van der Waals surface area contributed by atoms with E-state index in [2.05, 4.69) is 26.0 Å². The van der Waals surface area contributed by atoms with Crippen LogP contribution in [0, 0.1) is 0 Å². The quantitative estimate of drug-likeness (QED) is 0.522. The van der Waals surface area contributed by atoms with E-state index in [0.717, 1.165) is 21.3 Å². The molecular formula is C19H13BrN4OS. The highest BCUT2D eigenvalue weighted by molar-refractivity contribution is 9.10. The van der Waals surface area contributed by atoms with Gasteiger partial charge in [0.1, 0.15) is 5.69 Å². The summed E-state index contributed by atoms with van der Waals surface area (Å²) >= 11 is 4.84. The summed E-state index contributed by atoms with van der Waals surface area (Å²) in [5, 5.41) is 7.08. The van der Waals surface area contributed by atoms with Crippen molar-refractivity contribution in [3.63, 3.8) is 0 Å². The Labute approximate surface area is 162 Å². The fourth-order valence-corrected chi connectivity index (χ4v) is 3.63. The highest BCUT2D eigenvalue weighted by atomic mass is 79.9. The summed E-state index contributed by atoms with van der Waals surface area (Å²) in [7, 11) is 0. The van der Waals surface area contributed by atoms with Gasteiger partial charge in [-0.2, -0.15) is 9.78 Å². The Morgan fingerprint density at radius 2 is 1.69 bits per heavy atom. The summed E-state index contributed by atoms with van der Waals surface area (Å²) in [5.41, 5.74) is 9.27. The van der Waals surface area contributed by atoms with Crippen molar-refractivity contribution in [2.75, 3.05) is 0 Å². The van der Waals surface area contributed by atoms with Crippen LogP contribution in [-0.4, -0.2) is 20.7 Å². The molecule has 0 saturated carbocycles. The van der Waals surface area contributed by atoms with Crippen molar-refractivity contribution in [3.8, 4) is 27.6 Å². The number of amides is 1. The molecule has 5 nitrogen and oxygen atoms in total. The van der Waals surface area contributed by atoms with E-state index in [0.29, 0.717) is 16.5 Å². The minimum absolute atomic E-state index is 0.306. The van der Waals surface area contributed by atoms with E-state index in [-0.39, 0.29) is 0 Å². The number of benzene rings is 2. The van der Waals surface area contributed by atoms with Gasteiger partial charge >= 0.3 is 0 Å². The van der Waals surface area contributed by atoms with E-state index >= 15 is 0 Å². The number of nitrogens with two attached hydrogens (primary N) is 1. The molecule has 0 radical (unpaired) electrons. The maximum Gasteiger partial charge on any atom is 0.267 e.